The fourth-order valence-electron chi connectivity index (χ4n) is 4.47. The summed E-state index contributed by atoms with van der Waals surface area (Å²) in [7, 11) is 0. The molecule has 0 spiro atoms. The van der Waals surface area contributed by atoms with Crippen molar-refractivity contribution in [2.45, 2.75) is 5.92 Å². The Morgan fingerprint density at radius 3 is 2.45 bits per heavy atom. The minimum Gasteiger partial charge on any atom is -0.399 e. The van der Waals surface area contributed by atoms with Gasteiger partial charge in [-0.05, 0) is 29.3 Å². The SMILES string of the molecule is N#CC1=C(N)C(C#N)(C#N)[C@H](c2cccnc2)[C@@H]2CN(c3ccccc3)CC=C12. The largest absolute Gasteiger partial charge is 0.399 e. The first-order chi connectivity index (χ1) is 14.2. The zero-order valence-electron chi connectivity index (χ0n) is 15.7. The van der Waals surface area contributed by atoms with Crippen LogP contribution in [0.2, 0.25) is 0 Å². The standard InChI is InChI=1S/C23H18N6/c24-11-19-18-8-10-29(17-6-2-1-3-7-17)13-20(18)21(16-5-4-9-28-12-16)23(14-25,15-26)22(19)27/h1-9,12,20-21H,10,13,27H2/t20-,21-/m1/s1. The van der Waals surface area contributed by atoms with E-state index < -0.39 is 11.3 Å². The molecular formula is C23H18N6. The van der Waals surface area contributed by atoms with Crippen molar-refractivity contribution in [3.05, 3.63) is 83.3 Å². The molecule has 0 bridgehead atoms. The Balaban J connectivity index is 1.93. The van der Waals surface area contributed by atoms with Crippen LogP contribution in [0.5, 0.6) is 0 Å². The van der Waals surface area contributed by atoms with E-state index in [-0.39, 0.29) is 17.2 Å². The first kappa shape index (κ1) is 18.3. The van der Waals surface area contributed by atoms with Crippen LogP contribution in [0.3, 0.4) is 0 Å². The lowest BCUT2D eigenvalue weighted by atomic mass is 9.58. The highest BCUT2D eigenvalue weighted by Crippen LogP contribution is 2.54. The third-order valence-corrected chi connectivity index (χ3v) is 5.83. The summed E-state index contributed by atoms with van der Waals surface area (Å²) < 4.78 is 0. The number of fused-ring (bicyclic) bond motifs is 1. The van der Waals surface area contributed by atoms with Gasteiger partial charge in [-0.3, -0.25) is 4.98 Å². The summed E-state index contributed by atoms with van der Waals surface area (Å²) in [6, 6.07) is 20.1. The average Bonchev–Trinajstić information content (AvgIpc) is 2.79. The van der Waals surface area contributed by atoms with Gasteiger partial charge in [0.1, 0.15) is 6.07 Å². The monoisotopic (exact) mass is 378 g/mol. The average molecular weight is 378 g/mol. The Morgan fingerprint density at radius 2 is 1.83 bits per heavy atom. The van der Waals surface area contributed by atoms with E-state index in [9.17, 15) is 15.8 Å². The van der Waals surface area contributed by atoms with Crippen LogP contribution < -0.4 is 10.6 Å². The van der Waals surface area contributed by atoms with Crippen LogP contribution in [-0.4, -0.2) is 18.1 Å². The van der Waals surface area contributed by atoms with Gasteiger partial charge < -0.3 is 10.6 Å². The topological polar surface area (TPSA) is 114 Å². The van der Waals surface area contributed by atoms with Crippen molar-refractivity contribution >= 4 is 5.69 Å². The highest BCUT2D eigenvalue weighted by Gasteiger charge is 2.54. The van der Waals surface area contributed by atoms with Crippen LogP contribution in [0.4, 0.5) is 5.69 Å². The molecule has 2 aliphatic rings. The second kappa shape index (κ2) is 7.15. The summed E-state index contributed by atoms with van der Waals surface area (Å²) in [5.41, 5.74) is 7.60. The smallest absolute Gasteiger partial charge is 0.191 e. The predicted octanol–water partition coefficient (Wildman–Crippen LogP) is 3.01. The van der Waals surface area contributed by atoms with E-state index in [1.54, 1.807) is 18.5 Å². The number of nitrogens with zero attached hydrogens (tertiary/aromatic N) is 5. The molecule has 29 heavy (non-hydrogen) atoms. The normalized spacial score (nSPS) is 22.5. The van der Waals surface area contributed by atoms with Crippen LogP contribution in [0.15, 0.2) is 77.8 Å². The summed E-state index contributed by atoms with van der Waals surface area (Å²) in [5.74, 6) is -0.768. The molecule has 0 radical (unpaired) electrons. The number of benzene rings is 1. The Bertz CT molecular complexity index is 1100. The molecule has 4 rings (SSSR count). The number of para-hydroxylation sites is 1. The molecule has 6 nitrogen and oxygen atoms in total. The first-order valence-electron chi connectivity index (χ1n) is 9.29. The van der Waals surface area contributed by atoms with Crippen LogP contribution >= 0.6 is 0 Å². The van der Waals surface area contributed by atoms with E-state index in [1.165, 1.54) is 0 Å². The predicted molar refractivity (Wildman–Crippen MR) is 108 cm³/mol. The summed E-state index contributed by atoms with van der Waals surface area (Å²) in [6.45, 7) is 1.19. The van der Waals surface area contributed by atoms with Crippen molar-refractivity contribution in [2.75, 3.05) is 18.0 Å². The third kappa shape index (κ3) is 2.73. The van der Waals surface area contributed by atoms with Gasteiger partial charge in [-0.25, -0.2) is 0 Å². The van der Waals surface area contributed by atoms with Gasteiger partial charge in [0.05, 0.1) is 23.4 Å². The van der Waals surface area contributed by atoms with Gasteiger partial charge in [0, 0.05) is 43.0 Å². The Morgan fingerprint density at radius 1 is 1.07 bits per heavy atom. The summed E-state index contributed by atoms with van der Waals surface area (Å²) in [4.78, 5) is 6.39. The molecule has 6 heteroatoms. The highest BCUT2D eigenvalue weighted by atomic mass is 15.1. The van der Waals surface area contributed by atoms with Crippen molar-refractivity contribution in [3.8, 4) is 18.2 Å². The molecule has 2 heterocycles. The lowest BCUT2D eigenvalue weighted by Gasteiger charge is -2.46. The van der Waals surface area contributed by atoms with E-state index in [0.717, 1.165) is 16.8 Å². The maximum atomic E-state index is 10.1. The minimum atomic E-state index is -1.63. The summed E-state index contributed by atoms with van der Waals surface area (Å²) >= 11 is 0. The van der Waals surface area contributed by atoms with E-state index in [2.05, 4.69) is 28.1 Å². The van der Waals surface area contributed by atoms with Gasteiger partial charge in [-0.2, -0.15) is 15.8 Å². The lowest BCUT2D eigenvalue weighted by Crippen LogP contribution is -2.48. The van der Waals surface area contributed by atoms with Crippen LogP contribution in [0, 0.1) is 45.3 Å². The molecule has 1 aliphatic carbocycles. The molecule has 1 aromatic heterocycles. The molecule has 0 unspecified atom stereocenters. The van der Waals surface area contributed by atoms with Crippen LogP contribution in [0.1, 0.15) is 11.5 Å². The molecule has 2 atom stereocenters. The van der Waals surface area contributed by atoms with Crippen molar-refractivity contribution in [1.82, 2.24) is 4.98 Å². The molecule has 0 fully saturated rings. The van der Waals surface area contributed by atoms with Crippen LogP contribution in [-0.2, 0) is 0 Å². The molecule has 0 amide bonds. The van der Waals surface area contributed by atoms with Gasteiger partial charge in [0.15, 0.2) is 5.41 Å². The molecule has 140 valence electrons. The number of aromatic nitrogens is 1. The number of pyridine rings is 1. The maximum Gasteiger partial charge on any atom is 0.191 e. The zero-order chi connectivity index (χ0) is 20.4. The first-order valence-corrected chi connectivity index (χ1v) is 9.29. The van der Waals surface area contributed by atoms with Crippen molar-refractivity contribution in [2.24, 2.45) is 17.1 Å². The Hall–Kier alpha value is -4.08. The number of nitrogens with two attached hydrogens (primary N) is 1. The number of nitriles is 3. The fraction of sp³-hybridized carbons (Fsp3) is 0.217. The molecule has 0 saturated heterocycles. The zero-order valence-corrected chi connectivity index (χ0v) is 15.7. The molecule has 0 saturated carbocycles. The number of rotatable bonds is 2. The number of hydrogen-bond acceptors (Lipinski definition) is 6. The van der Waals surface area contributed by atoms with Gasteiger partial charge >= 0.3 is 0 Å². The third-order valence-electron chi connectivity index (χ3n) is 5.83. The van der Waals surface area contributed by atoms with E-state index in [4.69, 9.17) is 5.73 Å². The van der Waals surface area contributed by atoms with Gasteiger partial charge in [0.25, 0.3) is 0 Å². The van der Waals surface area contributed by atoms with Crippen molar-refractivity contribution in [3.63, 3.8) is 0 Å². The Kier molecular flexibility index (Phi) is 4.51. The van der Waals surface area contributed by atoms with Crippen LogP contribution in [0.25, 0.3) is 0 Å². The number of allylic oxidation sites excluding steroid dienone is 2. The second-order valence-electron chi connectivity index (χ2n) is 7.20. The lowest BCUT2D eigenvalue weighted by molar-refractivity contribution is 0.340. The van der Waals surface area contributed by atoms with Gasteiger partial charge in [-0.1, -0.05) is 30.3 Å². The minimum absolute atomic E-state index is 0.0366. The van der Waals surface area contributed by atoms with Crippen molar-refractivity contribution in [1.29, 1.82) is 15.8 Å². The molecule has 1 aromatic carbocycles. The molecular weight excluding hydrogens is 360 g/mol. The maximum absolute atomic E-state index is 10.1. The number of anilines is 1. The van der Waals surface area contributed by atoms with Gasteiger partial charge in [0.2, 0.25) is 0 Å². The van der Waals surface area contributed by atoms with Gasteiger partial charge in [-0.15, -0.1) is 0 Å². The van der Waals surface area contributed by atoms with Crippen molar-refractivity contribution < 1.29 is 0 Å². The second-order valence-corrected chi connectivity index (χ2v) is 7.20. The van der Waals surface area contributed by atoms with E-state index in [1.807, 2.05) is 42.5 Å². The molecule has 2 N–H and O–H groups in total. The summed E-state index contributed by atoms with van der Waals surface area (Å²) in [6.07, 6.45) is 5.33. The number of hydrogen-bond donors (Lipinski definition) is 1. The van der Waals surface area contributed by atoms with E-state index >= 15 is 0 Å². The van der Waals surface area contributed by atoms with E-state index in [0.29, 0.717) is 13.1 Å². The quantitative estimate of drug-likeness (QED) is 0.859. The fourth-order valence-corrected chi connectivity index (χ4v) is 4.47. The molecule has 1 aliphatic heterocycles. The molecule has 2 aromatic rings. The highest BCUT2D eigenvalue weighted by molar-refractivity contribution is 5.61. The summed E-state index contributed by atoms with van der Waals surface area (Å²) in [5, 5.41) is 30.0. The Labute approximate surface area is 169 Å².